The number of rotatable bonds is 7. The predicted octanol–water partition coefficient (Wildman–Crippen LogP) is 3.89. The zero-order chi connectivity index (χ0) is 18.7. The summed E-state index contributed by atoms with van der Waals surface area (Å²) in [5.41, 5.74) is 1.48. The molecule has 0 bridgehead atoms. The number of hydrogen-bond acceptors (Lipinski definition) is 4. The van der Waals surface area contributed by atoms with Gasteiger partial charge in [-0.05, 0) is 49.4 Å². The fourth-order valence-corrected chi connectivity index (χ4v) is 2.79. The first kappa shape index (κ1) is 18.1. The normalized spacial score (nSPS) is 14.8. The predicted molar refractivity (Wildman–Crippen MR) is 92.5 cm³/mol. The number of aromatic nitrogens is 1. The van der Waals surface area contributed by atoms with Crippen LogP contribution in [0.1, 0.15) is 30.1 Å². The van der Waals surface area contributed by atoms with Crippen molar-refractivity contribution in [2.24, 2.45) is 5.92 Å². The van der Waals surface area contributed by atoms with E-state index in [1.165, 1.54) is 25.4 Å². The highest BCUT2D eigenvalue weighted by molar-refractivity contribution is 5.95. The average Bonchev–Trinajstić information content (AvgIpc) is 3.46. The minimum Gasteiger partial charge on any atom is -0.481 e. The van der Waals surface area contributed by atoms with E-state index >= 15 is 0 Å². The number of pyridine rings is 1. The molecule has 1 N–H and O–H groups in total. The smallest absolute Gasteiger partial charge is 0.387 e. The van der Waals surface area contributed by atoms with Gasteiger partial charge in [0, 0.05) is 17.8 Å². The summed E-state index contributed by atoms with van der Waals surface area (Å²) in [6.07, 6.45) is 3.70. The molecule has 0 aliphatic heterocycles. The lowest BCUT2D eigenvalue weighted by molar-refractivity contribution is -0.0498. The van der Waals surface area contributed by atoms with Gasteiger partial charge in [-0.15, -0.1) is 0 Å². The number of carbonyl (C=O) groups is 1. The molecule has 5 nitrogen and oxygen atoms in total. The standard InChI is InChI=1S/C19H20F2N2O3/c1-11(12-6-7-12)23-17(24)14-9-16(18(25-2)22-10-14)13-4-3-5-15(8-13)26-19(20)21/h3-5,8-12,19H,6-7H2,1-2H3,(H,23,24)/t11-/m0/s1. The van der Waals surface area contributed by atoms with E-state index in [4.69, 9.17) is 4.74 Å². The van der Waals surface area contributed by atoms with Crippen LogP contribution in [0, 0.1) is 5.92 Å². The maximum atomic E-state index is 12.5. The fraction of sp³-hybridized carbons (Fsp3) is 0.368. The fourth-order valence-electron chi connectivity index (χ4n) is 2.79. The van der Waals surface area contributed by atoms with Crippen LogP contribution in [-0.2, 0) is 0 Å². The van der Waals surface area contributed by atoms with Gasteiger partial charge >= 0.3 is 6.61 Å². The molecule has 0 saturated heterocycles. The van der Waals surface area contributed by atoms with Crippen LogP contribution in [0.5, 0.6) is 11.6 Å². The minimum absolute atomic E-state index is 0.0248. The molecule has 7 heteroatoms. The maximum absolute atomic E-state index is 12.5. The summed E-state index contributed by atoms with van der Waals surface area (Å²) >= 11 is 0. The summed E-state index contributed by atoms with van der Waals surface area (Å²) in [5.74, 6) is 0.636. The van der Waals surface area contributed by atoms with Crippen LogP contribution in [0.15, 0.2) is 36.5 Å². The Morgan fingerprint density at radius 1 is 1.31 bits per heavy atom. The third-order valence-electron chi connectivity index (χ3n) is 4.36. The Morgan fingerprint density at radius 3 is 2.73 bits per heavy atom. The summed E-state index contributed by atoms with van der Waals surface area (Å²) < 4.78 is 34.6. The van der Waals surface area contributed by atoms with Gasteiger partial charge < -0.3 is 14.8 Å². The first-order chi connectivity index (χ1) is 12.5. The molecular formula is C19H20F2N2O3. The summed E-state index contributed by atoms with van der Waals surface area (Å²) in [4.78, 5) is 16.6. The van der Waals surface area contributed by atoms with Crippen molar-refractivity contribution >= 4 is 5.91 Å². The summed E-state index contributed by atoms with van der Waals surface area (Å²) in [6.45, 7) is -0.926. The van der Waals surface area contributed by atoms with Crippen molar-refractivity contribution < 1.29 is 23.0 Å². The van der Waals surface area contributed by atoms with E-state index in [2.05, 4.69) is 15.0 Å². The van der Waals surface area contributed by atoms with Gasteiger partial charge in [0.2, 0.25) is 5.88 Å². The molecule has 1 aliphatic carbocycles. The first-order valence-corrected chi connectivity index (χ1v) is 8.38. The number of nitrogens with one attached hydrogen (secondary N) is 1. The maximum Gasteiger partial charge on any atom is 0.387 e. The number of halogens is 2. The second-order valence-corrected chi connectivity index (χ2v) is 6.29. The molecular weight excluding hydrogens is 342 g/mol. The van der Waals surface area contributed by atoms with Gasteiger partial charge in [-0.1, -0.05) is 12.1 Å². The molecule has 0 unspecified atom stereocenters. The molecule has 1 heterocycles. The van der Waals surface area contributed by atoms with Crippen LogP contribution in [0.3, 0.4) is 0 Å². The summed E-state index contributed by atoms with van der Waals surface area (Å²) in [5, 5.41) is 2.97. The number of benzene rings is 1. The number of alkyl halides is 2. The Labute approximate surface area is 150 Å². The number of hydrogen-bond donors (Lipinski definition) is 1. The van der Waals surface area contributed by atoms with Crippen LogP contribution >= 0.6 is 0 Å². The van der Waals surface area contributed by atoms with Gasteiger partial charge in [-0.3, -0.25) is 4.79 Å². The number of amides is 1. The van der Waals surface area contributed by atoms with Crippen LogP contribution in [0.25, 0.3) is 11.1 Å². The highest BCUT2D eigenvalue weighted by Crippen LogP contribution is 2.33. The Hall–Kier alpha value is -2.70. The number of carbonyl (C=O) groups excluding carboxylic acids is 1. The van der Waals surface area contributed by atoms with Crippen molar-refractivity contribution in [3.05, 3.63) is 42.1 Å². The van der Waals surface area contributed by atoms with Crippen LogP contribution in [-0.4, -0.2) is 30.7 Å². The zero-order valence-electron chi connectivity index (χ0n) is 14.5. The van der Waals surface area contributed by atoms with Gasteiger partial charge in [-0.2, -0.15) is 8.78 Å². The lowest BCUT2D eigenvalue weighted by Crippen LogP contribution is -2.34. The molecule has 1 saturated carbocycles. The topological polar surface area (TPSA) is 60.5 Å². The Balaban J connectivity index is 1.89. The molecule has 0 spiro atoms. The SMILES string of the molecule is COc1ncc(C(=O)N[C@@H](C)C2CC2)cc1-c1cccc(OC(F)F)c1. The van der Waals surface area contributed by atoms with Crippen LogP contribution < -0.4 is 14.8 Å². The molecule has 138 valence electrons. The van der Waals surface area contributed by atoms with Gasteiger partial charge in [0.25, 0.3) is 5.91 Å². The molecule has 3 rings (SSSR count). The quantitative estimate of drug-likeness (QED) is 0.812. The van der Waals surface area contributed by atoms with Crippen LogP contribution in [0.2, 0.25) is 0 Å². The van der Waals surface area contributed by atoms with Crippen molar-refractivity contribution in [3.8, 4) is 22.8 Å². The number of nitrogens with zero attached hydrogens (tertiary/aromatic N) is 1. The molecule has 1 atom stereocenters. The van der Waals surface area contributed by atoms with E-state index in [-0.39, 0.29) is 17.7 Å². The van der Waals surface area contributed by atoms with Crippen molar-refractivity contribution in [3.63, 3.8) is 0 Å². The first-order valence-electron chi connectivity index (χ1n) is 8.38. The second-order valence-electron chi connectivity index (χ2n) is 6.29. The van der Waals surface area contributed by atoms with E-state index in [0.29, 0.717) is 28.5 Å². The molecule has 2 aromatic rings. The lowest BCUT2D eigenvalue weighted by atomic mass is 10.0. The number of methoxy groups -OCH3 is 1. The third kappa shape index (κ3) is 4.28. The molecule has 1 aromatic heterocycles. The van der Waals surface area contributed by atoms with Crippen molar-refractivity contribution in [2.45, 2.75) is 32.4 Å². The molecule has 1 amide bonds. The van der Waals surface area contributed by atoms with Gasteiger partial charge in [0.15, 0.2) is 0 Å². The van der Waals surface area contributed by atoms with E-state index in [0.717, 1.165) is 12.8 Å². The summed E-state index contributed by atoms with van der Waals surface area (Å²) in [6, 6.07) is 7.95. The van der Waals surface area contributed by atoms with E-state index < -0.39 is 6.61 Å². The van der Waals surface area contributed by atoms with Gasteiger partial charge in [0.05, 0.1) is 12.7 Å². The number of ether oxygens (including phenoxy) is 2. The Morgan fingerprint density at radius 2 is 2.08 bits per heavy atom. The highest BCUT2D eigenvalue weighted by atomic mass is 19.3. The molecule has 0 radical (unpaired) electrons. The average molecular weight is 362 g/mol. The van der Waals surface area contributed by atoms with Crippen LogP contribution in [0.4, 0.5) is 8.78 Å². The van der Waals surface area contributed by atoms with E-state index in [9.17, 15) is 13.6 Å². The van der Waals surface area contributed by atoms with Crippen molar-refractivity contribution in [1.29, 1.82) is 0 Å². The monoisotopic (exact) mass is 362 g/mol. The van der Waals surface area contributed by atoms with E-state index in [1.54, 1.807) is 18.2 Å². The highest BCUT2D eigenvalue weighted by Gasteiger charge is 2.29. The molecule has 1 aliphatic rings. The molecule has 1 fully saturated rings. The third-order valence-corrected chi connectivity index (χ3v) is 4.36. The van der Waals surface area contributed by atoms with Gasteiger partial charge in [-0.25, -0.2) is 4.98 Å². The molecule has 26 heavy (non-hydrogen) atoms. The van der Waals surface area contributed by atoms with Crippen molar-refractivity contribution in [1.82, 2.24) is 10.3 Å². The Bertz CT molecular complexity index is 794. The molecule has 1 aromatic carbocycles. The lowest BCUT2D eigenvalue weighted by Gasteiger charge is -2.14. The summed E-state index contributed by atoms with van der Waals surface area (Å²) in [7, 11) is 1.46. The second kappa shape index (κ2) is 7.68. The van der Waals surface area contributed by atoms with Crippen molar-refractivity contribution in [2.75, 3.05) is 7.11 Å². The minimum atomic E-state index is -2.91. The largest absolute Gasteiger partial charge is 0.481 e. The zero-order valence-corrected chi connectivity index (χ0v) is 14.5. The Kier molecular flexibility index (Phi) is 5.35. The van der Waals surface area contributed by atoms with Gasteiger partial charge in [0.1, 0.15) is 5.75 Å². The van der Waals surface area contributed by atoms with E-state index in [1.807, 2.05) is 6.92 Å².